The lowest BCUT2D eigenvalue weighted by Crippen LogP contribution is -2.65. The second kappa shape index (κ2) is 15.6. The van der Waals surface area contributed by atoms with E-state index in [1.165, 1.54) is 0 Å². The second-order valence-corrected chi connectivity index (χ2v) is 18.4. The molecule has 17 unspecified atom stereocenters. The number of esters is 1. The van der Waals surface area contributed by atoms with Gasteiger partial charge in [0.15, 0.2) is 12.6 Å². The van der Waals surface area contributed by atoms with E-state index in [0.29, 0.717) is 38.5 Å². The summed E-state index contributed by atoms with van der Waals surface area (Å²) in [6, 6.07) is 0. The lowest BCUT2D eigenvalue weighted by atomic mass is 9.41. The Kier molecular flexibility index (Phi) is 11.9. The Hall–Kier alpha value is -1.39. The molecule has 7 rings (SSSR count). The highest BCUT2D eigenvalue weighted by Crippen LogP contribution is 2.73. The van der Waals surface area contributed by atoms with Gasteiger partial charge in [0.2, 0.25) is 6.29 Å². The van der Waals surface area contributed by atoms with E-state index in [0.717, 1.165) is 24.8 Å². The van der Waals surface area contributed by atoms with E-state index < -0.39 is 129 Å². The third kappa shape index (κ3) is 6.70. The van der Waals surface area contributed by atoms with Gasteiger partial charge in [0, 0.05) is 5.92 Å². The summed E-state index contributed by atoms with van der Waals surface area (Å²) in [5, 5.41) is 104. The maximum absolute atomic E-state index is 14.2. The summed E-state index contributed by atoms with van der Waals surface area (Å²) in [7, 11) is 0. The average Bonchev–Trinajstić information content (AvgIpc) is 3.37. The molecule has 10 N–H and O–H groups in total. The fraction of sp³-hybridized carbons (Fsp3) is 0.923. The molecule has 3 heterocycles. The van der Waals surface area contributed by atoms with Crippen molar-refractivity contribution in [3.05, 3.63) is 12.2 Å². The molecule has 0 aromatic carbocycles. The monoisotopic (exact) mass is 802 g/mol. The van der Waals surface area contributed by atoms with E-state index in [1.54, 1.807) is 6.92 Å². The number of hydrogen-bond donors (Lipinski definition) is 10. The summed E-state index contributed by atoms with van der Waals surface area (Å²) >= 11 is 0. The van der Waals surface area contributed by atoms with Gasteiger partial charge in [0.1, 0.15) is 61.0 Å². The molecular formula is C39H62O17. The predicted molar refractivity (Wildman–Crippen MR) is 190 cm³/mol. The average molecular weight is 803 g/mol. The van der Waals surface area contributed by atoms with E-state index in [1.807, 2.05) is 6.92 Å². The summed E-state index contributed by atoms with van der Waals surface area (Å²) in [6.45, 7) is 8.44. The highest BCUT2D eigenvalue weighted by atomic mass is 16.8. The van der Waals surface area contributed by atoms with Crippen molar-refractivity contribution in [1.29, 1.82) is 0 Å². The number of carbonyl (C=O) groups excluding carboxylic acids is 1. The number of aliphatic hydroxyl groups is 10. The quantitative estimate of drug-likeness (QED) is 0.0710. The Morgan fingerprint density at radius 1 is 0.714 bits per heavy atom. The van der Waals surface area contributed by atoms with Crippen molar-refractivity contribution in [2.24, 2.45) is 34.0 Å². The first-order valence-electron chi connectivity index (χ1n) is 20.2. The van der Waals surface area contributed by atoms with Crippen LogP contribution in [0.3, 0.4) is 0 Å². The van der Waals surface area contributed by atoms with Crippen LogP contribution in [0.2, 0.25) is 0 Å². The van der Waals surface area contributed by atoms with Gasteiger partial charge in [0.25, 0.3) is 0 Å². The number of carbonyl (C=O) groups is 1. The predicted octanol–water partition coefficient (Wildman–Crippen LogP) is -1.66. The van der Waals surface area contributed by atoms with Gasteiger partial charge in [-0.05, 0) is 86.5 Å². The summed E-state index contributed by atoms with van der Waals surface area (Å²) in [5.41, 5.74) is -1.53. The van der Waals surface area contributed by atoms with E-state index in [9.17, 15) is 55.9 Å². The molecule has 7 fully saturated rings. The van der Waals surface area contributed by atoms with Gasteiger partial charge in [0.05, 0.1) is 36.9 Å². The molecule has 3 saturated heterocycles. The third-order valence-corrected chi connectivity index (χ3v) is 15.3. The fourth-order valence-corrected chi connectivity index (χ4v) is 12.2. The standard InChI is InChI=1S/C39H62O17/c1-17-12-38-10-6-22-36(3,8-5-9-37(22,4)35(50)55-32-18(2)24(43)25(44)19(13-40)51-32)23(38)7-11-39(17,16-38)56-34-31(29(48)27(46)21(15-42)53-34)54-33-30(49)28(47)26(45)20(14-41)52-33/h18-34,40-49H,1,5-16H2,2-4H3/t18?,19?,20?,21?,22?,23-,24?,25?,26?,27?,28?,29?,30?,31?,32?,33?,34?,36+,37+,38+,39?/m0/s1. The zero-order valence-corrected chi connectivity index (χ0v) is 32.3. The first-order chi connectivity index (χ1) is 26.4. The number of hydrogen-bond acceptors (Lipinski definition) is 17. The van der Waals surface area contributed by atoms with Gasteiger partial charge in [-0.25, -0.2) is 0 Å². The van der Waals surface area contributed by atoms with Crippen LogP contribution in [0.25, 0.3) is 0 Å². The topological polar surface area (TPSA) is 275 Å². The van der Waals surface area contributed by atoms with Gasteiger partial charge in [-0.3, -0.25) is 4.79 Å². The Bertz CT molecular complexity index is 1450. The van der Waals surface area contributed by atoms with Crippen LogP contribution in [0, 0.1) is 34.0 Å². The van der Waals surface area contributed by atoms with E-state index in [2.05, 4.69) is 13.5 Å². The first-order valence-corrected chi connectivity index (χ1v) is 20.2. The number of fused-ring (bicyclic) bond motifs is 3. The van der Waals surface area contributed by atoms with E-state index >= 15 is 0 Å². The van der Waals surface area contributed by atoms with Crippen LogP contribution in [0.5, 0.6) is 0 Å². The van der Waals surface area contributed by atoms with Crippen molar-refractivity contribution in [2.45, 2.75) is 170 Å². The minimum absolute atomic E-state index is 0.0443. The molecular weight excluding hydrogens is 740 g/mol. The zero-order chi connectivity index (χ0) is 40.7. The van der Waals surface area contributed by atoms with Crippen LogP contribution in [-0.4, -0.2) is 168 Å². The van der Waals surface area contributed by atoms with Crippen molar-refractivity contribution in [1.82, 2.24) is 0 Å². The molecule has 21 atom stereocenters. The molecule has 0 radical (unpaired) electrons. The molecule has 0 amide bonds. The molecule has 17 heteroatoms. The Morgan fingerprint density at radius 3 is 1.93 bits per heavy atom. The first kappa shape index (κ1) is 42.7. The summed E-state index contributed by atoms with van der Waals surface area (Å²) < 4.78 is 36.1. The number of aliphatic hydroxyl groups excluding tert-OH is 10. The van der Waals surface area contributed by atoms with Crippen molar-refractivity contribution in [3.8, 4) is 0 Å². The zero-order valence-electron chi connectivity index (χ0n) is 32.3. The van der Waals surface area contributed by atoms with Gasteiger partial charge in [-0.2, -0.15) is 0 Å². The highest BCUT2D eigenvalue weighted by Gasteiger charge is 2.69. The molecule has 1 spiro atoms. The van der Waals surface area contributed by atoms with Crippen LogP contribution < -0.4 is 0 Å². The molecule has 4 saturated carbocycles. The molecule has 2 bridgehead atoms. The number of ether oxygens (including phenoxy) is 6. The summed E-state index contributed by atoms with van der Waals surface area (Å²) in [5.74, 6) is -1.01. The Labute approximate surface area is 326 Å². The minimum atomic E-state index is -1.79. The molecule has 17 nitrogen and oxygen atoms in total. The molecule has 320 valence electrons. The largest absolute Gasteiger partial charge is 0.435 e. The summed E-state index contributed by atoms with van der Waals surface area (Å²) in [6.07, 6.45) is -14.2. The van der Waals surface area contributed by atoms with Crippen LogP contribution in [0.15, 0.2) is 12.2 Å². The van der Waals surface area contributed by atoms with Gasteiger partial charge < -0.3 is 79.5 Å². The fourth-order valence-electron chi connectivity index (χ4n) is 12.2. The normalized spacial score (nSPS) is 54.6. The molecule has 0 aromatic heterocycles. The van der Waals surface area contributed by atoms with Crippen molar-refractivity contribution >= 4 is 5.97 Å². The highest BCUT2D eigenvalue weighted by molar-refractivity contribution is 5.77. The second-order valence-electron chi connectivity index (χ2n) is 18.4. The van der Waals surface area contributed by atoms with Crippen molar-refractivity contribution < 1.29 is 84.3 Å². The third-order valence-electron chi connectivity index (χ3n) is 15.3. The summed E-state index contributed by atoms with van der Waals surface area (Å²) in [4.78, 5) is 14.2. The van der Waals surface area contributed by atoms with Gasteiger partial charge in [-0.1, -0.05) is 26.8 Å². The van der Waals surface area contributed by atoms with Gasteiger partial charge in [-0.15, -0.1) is 0 Å². The SMILES string of the molecule is C=C1C[C@@]23CCC4[C@](C)(C(=O)OC5OC(CO)C(O)C(O)C5C)CCC[C@@]4(C)[C@@H]2CCC1(OC1OC(CO)C(O)C(O)C1OC1OC(CO)C(O)C(O)C1O)C3. The minimum Gasteiger partial charge on any atom is -0.435 e. The molecule has 4 aliphatic carbocycles. The smallest absolute Gasteiger partial charge is 0.314 e. The number of rotatable bonds is 9. The molecule has 56 heavy (non-hydrogen) atoms. The van der Waals surface area contributed by atoms with Gasteiger partial charge >= 0.3 is 5.97 Å². The van der Waals surface area contributed by atoms with Crippen LogP contribution in [0.1, 0.15) is 78.6 Å². The van der Waals surface area contributed by atoms with Crippen molar-refractivity contribution in [3.63, 3.8) is 0 Å². The van der Waals surface area contributed by atoms with Crippen LogP contribution >= 0.6 is 0 Å². The lowest BCUT2D eigenvalue weighted by molar-refractivity contribution is -0.378. The Balaban J connectivity index is 1.10. The van der Waals surface area contributed by atoms with Crippen molar-refractivity contribution in [2.75, 3.05) is 19.8 Å². The lowest BCUT2D eigenvalue weighted by Gasteiger charge is -2.64. The molecule has 3 aliphatic heterocycles. The Morgan fingerprint density at radius 2 is 1.29 bits per heavy atom. The van der Waals surface area contributed by atoms with E-state index in [4.69, 9.17) is 28.4 Å². The molecule has 7 aliphatic rings. The van der Waals surface area contributed by atoms with Crippen LogP contribution in [-0.2, 0) is 33.2 Å². The molecule has 0 aromatic rings. The maximum atomic E-state index is 14.2. The maximum Gasteiger partial charge on any atom is 0.314 e. The van der Waals surface area contributed by atoms with E-state index in [-0.39, 0.29) is 22.7 Å². The van der Waals surface area contributed by atoms with Crippen LogP contribution in [0.4, 0.5) is 0 Å².